The minimum absolute atomic E-state index is 0.0366. The van der Waals surface area contributed by atoms with Gasteiger partial charge >= 0.3 is 0 Å². The second-order valence-electron chi connectivity index (χ2n) is 10.5. The average Bonchev–Trinajstić information content (AvgIpc) is 3.57. The number of nitrogens with zero attached hydrogens (tertiary/aromatic N) is 1. The first-order valence-electron chi connectivity index (χ1n) is 11.3. The van der Waals surface area contributed by atoms with E-state index in [4.69, 9.17) is 0 Å². The SMILES string of the molecule is CCC1(C#N)[C@H]2C[C@H]2[C@H]2[C@@H]3[C@H]4C[C@H]4C4=CC(=O)CC[C@@H]4[C@H]3CC[C@@]21CC. The van der Waals surface area contributed by atoms with E-state index in [0.29, 0.717) is 23.0 Å². The fourth-order valence-corrected chi connectivity index (χ4v) is 9.55. The first kappa shape index (κ1) is 15.9. The number of nitriles is 1. The van der Waals surface area contributed by atoms with Crippen LogP contribution in [-0.2, 0) is 4.79 Å². The van der Waals surface area contributed by atoms with Gasteiger partial charge in [-0.05, 0) is 104 Å². The molecule has 10 atom stereocenters. The Bertz CT molecular complexity index is 761. The summed E-state index contributed by atoms with van der Waals surface area (Å²) in [6.45, 7) is 4.68. The molecule has 0 aromatic carbocycles. The molecule has 5 saturated carbocycles. The van der Waals surface area contributed by atoms with Crippen LogP contribution in [0.15, 0.2) is 11.6 Å². The summed E-state index contributed by atoms with van der Waals surface area (Å²) in [6, 6.07) is 2.94. The van der Waals surface area contributed by atoms with Crippen molar-refractivity contribution in [1.82, 2.24) is 0 Å². The Balaban J connectivity index is 1.45. The first-order valence-corrected chi connectivity index (χ1v) is 11.3. The van der Waals surface area contributed by atoms with Crippen LogP contribution in [-0.4, -0.2) is 5.78 Å². The molecule has 26 heavy (non-hydrogen) atoms. The Labute approximate surface area is 157 Å². The highest BCUT2D eigenvalue weighted by Gasteiger charge is 2.78. The van der Waals surface area contributed by atoms with E-state index in [1.54, 1.807) is 5.57 Å². The van der Waals surface area contributed by atoms with Crippen LogP contribution in [0.2, 0.25) is 0 Å². The van der Waals surface area contributed by atoms with Gasteiger partial charge in [-0.2, -0.15) is 5.26 Å². The molecule has 0 aromatic heterocycles. The van der Waals surface area contributed by atoms with E-state index in [9.17, 15) is 10.1 Å². The molecule has 0 spiro atoms. The molecule has 0 heterocycles. The highest BCUT2D eigenvalue weighted by Crippen LogP contribution is 2.82. The number of rotatable bonds is 2. The van der Waals surface area contributed by atoms with Crippen molar-refractivity contribution in [2.24, 2.45) is 58.2 Å². The smallest absolute Gasteiger partial charge is 0.155 e. The number of hydrogen-bond acceptors (Lipinski definition) is 2. The quantitative estimate of drug-likeness (QED) is 0.692. The summed E-state index contributed by atoms with van der Waals surface area (Å²) >= 11 is 0. The van der Waals surface area contributed by atoms with Crippen molar-refractivity contribution in [2.45, 2.75) is 65.2 Å². The maximum atomic E-state index is 12.0. The number of carbonyl (C=O) groups is 1. The van der Waals surface area contributed by atoms with Crippen LogP contribution >= 0.6 is 0 Å². The molecular formula is C24H31NO. The van der Waals surface area contributed by atoms with E-state index in [1.807, 2.05) is 0 Å². The second kappa shape index (κ2) is 4.84. The van der Waals surface area contributed by atoms with Gasteiger partial charge in [0.1, 0.15) is 0 Å². The third-order valence-electron chi connectivity index (χ3n) is 10.4. The molecule has 0 radical (unpaired) electrons. The van der Waals surface area contributed by atoms with Crippen LogP contribution < -0.4 is 0 Å². The van der Waals surface area contributed by atoms with Crippen molar-refractivity contribution in [3.05, 3.63) is 11.6 Å². The van der Waals surface area contributed by atoms with Crippen molar-refractivity contribution in [3.8, 4) is 6.07 Å². The molecule has 0 bridgehead atoms. The molecule has 6 aliphatic rings. The minimum Gasteiger partial charge on any atom is -0.295 e. The number of hydrogen-bond donors (Lipinski definition) is 0. The lowest BCUT2D eigenvalue weighted by Crippen LogP contribution is -2.53. The fourth-order valence-electron chi connectivity index (χ4n) is 9.55. The zero-order valence-electron chi connectivity index (χ0n) is 16.2. The Kier molecular flexibility index (Phi) is 2.96. The Morgan fingerprint density at radius 2 is 1.96 bits per heavy atom. The summed E-state index contributed by atoms with van der Waals surface area (Å²) in [6.07, 6.45) is 11.5. The monoisotopic (exact) mass is 349 g/mol. The number of fused-ring (bicyclic) bond motifs is 10. The molecule has 0 aliphatic heterocycles. The second-order valence-corrected chi connectivity index (χ2v) is 10.5. The van der Waals surface area contributed by atoms with Gasteiger partial charge in [0.15, 0.2) is 5.78 Å². The van der Waals surface area contributed by atoms with Crippen molar-refractivity contribution in [2.75, 3.05) is 0 Å². The molecule has 6 rings (SSSR count). The highest BCUT2D eigenvalue weighted by molar-refractivity contribution is 5.91. The Hall–Kier alpha value is -1.10. The lowest BCUT2D eigenvalue weighted by atomic mass is 9.45. The molecule has 5 fully saturated rings. The summed E-state index contributed by atoms with van der Waals surface area (Å²) in [5.41, 5.74) is 1.82. The highest BCUT2D eigenvalue weighted by atomic mass is 16.1. The molecule has 2 heteroatoms. The standard InChI is InChI=1S/C24H31NO/c1-3-23-8-7-15-14-6-5-13(26)9-16(14)17-10-18(17)21(15)22(23)19-11-20(19)24(23,4-2)12-25/h9,14-15,17-22H,3-8,10-11H2,1-2H3/t14-,15-,17+,18+,19-,20+,21+,22+,23+,24?/m1/s1. The van der Waals surface area contributed by atoms with Gasteiger partial charge in [0.05, 0.1) is 11.5 Å². The first-order chi connectivity index (χ1) is 12.6. The molecule has 1 unspecified atom stereocenters. The van der Waals surface area contributed by atoms with E-state index < -0.39 is 0 Å². The van der Waals surface area contributed by atoms with E-state index in [2.05, 4.69) is 26.0 Å². The van der Waals surface area contributed by atoms with E-state index in [-0.39, 0.29) is 5.41 Å². The van der Waals surface area contributed by atoms with Crippen LogP contribution in [0.1, 0.15) is 65.2 Å². The molecule has 0 saturated heterocycles. The third-order valence-corrected chi connectivity index (χ3v) is 10.4. The van der Waals surface area contributed by atoms with E-state index in [1.165, 1.54) is 32.1 Å². The molecule has 2 nitrogen and oxygen atoms in total. The lowest BCUT2D eigenvalue weighted by molar-refractivity contribution is -0.116. The van der Waals surface area contributed by atoms with Crippen LogP contribution in [0.25, 0.3) is 0 Å². The van der Waals surface area contributed by atoms with E-state index in [0.717, 1.165) is 54.8 Å². The largest absolute Gasteiger partial charge is 0.295 e. The minimum atomic E-state index is -0.0366. The molecular weight excluding hydrogens is 318 g/mol. The predicted octanol–water partition coefficient (Wildman–Crippen LogP) is 5.15. The summed E-state index contributed by atoms with van der Waals surface area (Å²) in [5, 5.41) is 10.3. The Morgan fingerprint density at radius 1 is 1.12 bits per heavy atom. The zero-order valence-corrected chi connectivity index (χ0v) is 16.2. The zero-order chi connectivity index (χ0) is 17.8. The maximum absolute atomic E-state index is 12.0. The summed E-state index contributed by atoms with van der Waals surface area (Å²) in [5.74, 6) is 6.69. The molecule has 6 aliphatic carbocycles. The average molecular weight is 350 g/mol. The van der Waals surface area contributed by atoms with Crippen molar-refractivity contribution >= 4 is 5.78 Å². The summed E-state index contributed by atoms with van der Waals surface area (Å²) in [4.78, 5) is 12.0. The van der Waals surface area contributed by atoms with Gasteiger partial charge in [-0.3, -0.25) is 4.79 Å². The van der Waals surface area contributed by atoms with Gasteiger partial charge in [-0.15, -0.1) is 0 Å². The number of ketones is 1. The Morgan fingerprint density at radius 3 is 2.69 bits per heavy atom. The van der Waals surface area contributed by atoms with Crippen molar-refractivity contribution < 1.29 is 4.79 Å². The van der Waals surface area contributed by atoms with Gasteiger partial charge in [-0.1, -0.05) is 19.4 Å². The summed E-state index contributed by atoms with van der Waals surface area (Å²) < 4.78 is 0. The normalized spacial score (nSPS) is 58.3. The van der Waals surface area contributed by atoms with Gasteiger partial charge in [0.25, 0.3) is 0 Å². The van der Waals surface area contributed by atoms with Crippen molar-refractivity contribution in [1.29, 1.82) is 5.26 Å². The van der Waals surface area contributed by atoms with Gasteiger partial charge in [-0.25, -0.2) is 0 Å². The summed E-state index contributed by atoms with van der Waals surface area (Å²) in [7, 11) is 0. The number of allylic oxidation sites excluding steroid dienone is 1. The molecule has 0 N–H and O–H groups in total. The molecule has 0 aromatic rings. The van der Waals surface area contributed by atoms with Gasteiger partial charge in [0.2, 0.25) is 0 Å². The van der Waals surface area contributed by atoms with Crippen LogP contribution in [0.4, 0.5) is 0 Å². The fraction of sp³-hybridized carbons (Fsp3) is 0.833. The third kappa shape index (κ3) is 1.56. The maximum Gasteiger partial charge on any atom is 0.155 e. The van der Waals surface area contributed by atoms with Crippen LogP contribution in [0.5, 0.6) is 0 Å². The molecule has 0 amide bonds. The lowest BCUT2D eigenvalue weighted by Gasteiger charge is -2.58. The van der Waals surface area contributed by atoms with Gasteiger partial charge in [0, 0.05) is 6.42 Å². The topological polar surface area (TPSA) is 40.9 Å². The van der Waals surface area contributed by atoms with Crippen LogP contribution in [0.3, 0.4) is 0 Å². The van der Waals surface area contributed by atoms with Crippen molar-refractivity contribution in [3.63, 3.8) is 0 Å². The van der Waals surface area contributed by atoms with E-state index >= 15 is 0 Å². The number of carbonyl (C=O) groups excluding carboxylic acids is 1. The molecule has 138 valence electrons. The predicted molar refractivity (Wildman–Crippen MR) is 99.8 cm³/mol. The van der Waals surface area contributed by atoms with Gasteiger partial charge < -0.3 is 0 Å². The van der Waals surface area contributed by atoms with Crippen LogP contribution in [0, 0.1) is 69.5 Å².